The van der Waals surface area contributed by atoms with Crippen molar-refractivity contribution in [2.24, 2.45) is 0 Å². The van der Waals surface area contributed by atoms with Gasteiger partial charge in [0.05, 0.1) is 12.6 Å². The van der Waals surface area contributed by atoms with Crippen molar-refractivity contribution in [1.82, 2.24) is 15.1 Å². The van der Waals surface area contributed by atoms with Crippen LogP contribution in [0.25, 0.3) is 0 Å². The zero-order valence-electron chi connectivity index (χ0n) is 16.8. The average Bonchev–Trinajstić information content (AvgIpc) is 3.04. The van der Waals surface area contributed by atoms with Gasteiger partial charge < -0.3 is 5.32 Å². The molecule has 1 aromatic rings. The first-order valence-electron chi connectivity index (χ1n) is 10.4. The number of benzene rings is 1. The second-order valence-electron chi connectivity index (χ2n) is 8.25. The van der Waals surface area contributed by atoms with Crippen LogP contribution in [0, 0.1) is 13.8 Å². The Morgan fingerprint density at radius 1 is 1.12 bits per heavy atom. The number of carbonyl (C=O) groups is 1. The summed E-state index contributed by atoms with van der Waals surface area (Å²) in [4.78, 5) is 17.6. The number of hydrogen-bond donors (Lipinski definition) is 1. The van der Waals surface area contributed by atoms with Crippen LogP contribution in [0.4, 0.5) is 0 Å². The molecule has 1 saturated heterocycles. The molecule has 4 nitrogen and oxygen atoms in total. The fourth-order valence-corrected chi connectivity index (χ4v) is 4.58. The molecule has 2 fully saturated rings. The zero-order valence-corrected chi connectivity index (χ0v) is 16.8. The first-order chi connectivity index (χ1) is 12.5. The Morgan fingerprint density at radius 2 is 1.88 bits per heavy atom. The summed E-state index contributed by atoms with van der Waals surface area (Å²) in [6.45, 7) is 11.2. The van der Waals surface area contributed by atoms with Gasteiger partial charge in [0.1, 0.15) is 0 Å². The van der Waals surface area contributed by atoms with Gasteiger partial charge in [-0.15, -0.1) is 0 Å². The predicted molar refractivity (Wildman–Crippen MR) is 107 cm³/mol. The number of hydrogen-bond acceptors (Lipinski definition) is 3. The van der Waals surface area contributed by atoms with Gasteiger partial charge >= 0.3 is 0 Å². The molecule has 1 N–H and O–H groups in total. The van der Waals surface area contributed by atoms with Gasteiger partial charge in [-0.3, -0.25) is 14.6 Å². The molecule has 1 unspecified atom stereocenters. The van der Waals surface area contributed by atoms with Crippen molar-refractivity contribution in [3.63, 3.8) is 0 Å². The van der Waals surface area contributed by atoms with Crippen LogP contribution >= 0.6 is 0 Å². The second kappa shape index (κ2) is 9.01. The normalized spacial score (nSPS) is 21.5. The summed E-state index contributed by atoms with van der Waals surface area (Å²) < 4.78 is 0. The topological polar surface area (TPSA) is 35.6 Å². The van der Waals surface area contributed by atoms with Gasteiger partial charge in [0.2, 0.25) is 5.91 Å². The van der Waals surface area contributed by atoms with E-state index in [0.717, 1.165) is 25.7 Å². The molecule has 26 heavy (non-hydrogen) atoms. The molecule has 1 aliphatic carbocycles. The molecule has 1 atom stereocenters. The number of nitrogens with one attached hydrogen (secondary N) is 1. The van der Waals surface area contributed by atoms with Gasteiger partial charge in [0.15, 0.2) is 0 Å². The molecule has 144 valence electrons. The standard InChI is InChI=1S/C22H35N3O/c1-17-9-10-18(2)21(15-17)19(3)23-22(26)16-24-11-6-12-25(14-13-24)20-7-4-5-8-20/h9-10,15,19-20H,4-8,11-14,16H2,1-3H3,(H,23,26). The zero-order chi connectivity index (χ0) is 18.5. The van der Waals surface area contributed by atoms with Crippen LogP contribution in [0.2, 0.25) is 0 Å². The van der Waals surface area contributed by atoms with Crippen molar-refractivity contribution in [2.45, 2.75) is 65.0 Å². The summed E-state index contributed by atoms with van der Waals surface area (Å²) in [5, 5.41) is 3.20. The summed E-state index contributed by atoms with van der Waals surface area (Å²) in [6.07, 6.45) is 6.70. The van der Waals surface area contributed by atoms with E-state index in [1.54, 1.807) is 0 Å². The predicted octanol–water partition coefficient (Wildman–Crippen LogP) is 3.43. The van der Waals surface area contributed by atoms with E-state index in [-0.39, 0.29) is 11.9 Å². The van der Waals surface area contributed by atoms with E-state index >= 15 is 0 Å². The summed E-state index contributed by atoms with van der Waals surface area (Å²) >= 11 is 0. The Kier molecular flexibility index (Phi) is 6.71. The molecule has 1 heterocycles. The van der Waals surface area contributed by atoms with Crippen LogP contribution in [0.15, 0.2) is 18.2 Å². The first kappa shape index (κ1) is 19.4. The molecular weight excluding hydrogens is 322 g/mol. The molecule has 2 aliphatic rings. The SMILES string of the molecule is Cc1ccc(C)c(C(C)NC(=O)CN2CCCN(C3CCCC3)CC2)c1. The molecule has 0 spiro atoms. The van der Waals surface area contributed by atoms with E-state index in [0.29, 0.717) is 6.54 Å². The third-order valence-electron chi connectivity index (χ3n) is 6.11. The van der Waals surface area contributed by atoms with Gasteiger partial charge in [-0.2, -0.15) is 0 Å². The lowest BCUT2D eigenvalue weighted by Crippen LogP contribution is -2.41. The highest BCUT2D eigenvalue weighted by Crippen LogP contribution is 2.24. The minimum atomic E-state index is 0.0596. The monoisotopic (exact) mass is 357 g/mol. The third kappa shape index (κ3) is 5.08. The van der Waals surface area contributed by atoms with E-state index in [4.69, 9.17) is 0 Å². The molecule has 1 saturated carbocycles. The van der Waals surface area contributed by atoms with Crippen molar-refractivity contribution in [1.29, 1.82) is 0 Å². The van der Waals surface area contributed by atoms with Crippen LogP contribution in [-0.4, -0.2) is 54.5 Å². The Labute approximate surface area is 158 Å². The lowest BCUT2D eigenvalue weighted by molar-refractivity contribution is -0.122. The molecular formula is C22H35N3O. The summed E-state index contributed by atoms with van der Waals surface area (Å²) in [7, 11) is 0. The highest BCUT2D eigenvalue weighted by Gasteiger charge is 2.25. The fraction of sp³-hybridized carbons (Fsp3) is 0.682. The van der Waals surface area contributed by atoms with E-state index in [2.05, 4.69) is 54.1 Å². The fourth-order valence-electron chi connectivity index (χ4n) is 4.58. The first-order valence-corrected chi connectivity index (χ1v) is 10.4. The number of rotatable bonds is 5. The van der Waals surface area contributed by atoms with Crippen LogP contribution < -0.4 is 5.32 Å². The molecule has 0 aromatic heterocycles. The van der Waals surface area contributed by atoms with Crippen LogP contribution in [0.5, 0.6) is 0 Å². The van der Waals surface area contributed by atoms with Crippen LogP contribution in [-0.2, 0) is 4.79 Å². The third-order valence-corrected chi connectivity index (χ3v) is 6.11. The van der Waals surface area contributed by atoms with Crippen molar-refractivity contribution in [2.75, 3.05) is 32.7 Å². The van der Waals surface area contributed by atoms with Crippen molar-refractivity contribution in [3.05, 3.63) is 34.9 Å². The van der Waals surface area contributed by atoms with E-state index < -0.39 is 0 Å². The smallest absolute Gasteiger partial charge is 0.234 e. The summed E-state index contributed by atoms with van der Waals surface area (Å²) in [6, 6.07) is 7.31. The van der Waals surface area contributed by atoms with Gasteiger partial charge in [0, 0.05) is 19.1 Å². The highest BCUT2D eigenvalue weighted by atomic mass is 16.2. The molecule has 0 radical (unpaired) electrons. The molecule has 1 aromatic carbocycles. The molecule has 4 heteroatoms. The molecule has 0 bridgehead atoms. The largest absolute Gasteiger partial charge is 0.348 e. The number of carbonyl (C=O) groups excluding carboxylic acids is 1. The lowest BCUT2D eigenvalue weighted by atomic mass is 10.00. The van der Waals surface area contributed by atoms with Crippen molar-refractivity contribution >= 4 is 5.91 Å². The van der Waals surface area contributed by atoms with Gasteiger partial charge in [0.25, 0.3) is 0 Å². The molecule has 1 amide bonds. The van der Waals surface area contributed by atoms with Gasteiger partial charge in [-0.25, -0.2) is 0 Å². The molecule has 1 aliphatic heterocycles. The van der Waals surface area contributed by atoms with Gasteiger partial charge in [-0.05, 0) is 64.3 Å². The number of nitrogens with zero attached hydrogens (tertiary/aromatic N) is 2. The summed E-state index contributed by atoms with van der Waals surface area (Å²) in [5.41, 5.74) is 3.71. The Hall–Kier alpha value is -1.39. The lowest BCUT2D eigenvalue weighted by Gasteiger charge is -2.27. The number of aryl methyl sites for hydroxylation is 2. The van der Waals surface area contributed by atoms with E-state index in [9.17, 15) is 4.79 Å². The highest BCUT2D eigenvalue weighted by molar-refractivity contribution is 5.78. The minimum Gasteiger partial charge on any atom is -0.348 e. The maximum absolute atomic E-state index is 12.6. The Bertz CT molecular complexity index is 609. The maximum atomic E-state index is 12.6. The Morgan fingerprint density at radius 3 is 2.65 bits per heavy atom. The van der Waals surface area contributed by atoms with E-state index in [1.165, 1.54) is 55.3 Å². The minimum absolute atomic E-state index is 0.0596. The van der Waals surface area contributed by atoms with Gasteiger partial charge in [-0.1, -0.05) is 36.6 Å². The average molecular weight is 358 g/mol. The second-order valence-corrected chi connectivity index (χ2v) is 8.25. The quantitative estimate of drug-likeness (QED) is 0.877. The van der Waals surface area contributed by atoms with Crippen molar-refractivity contribution < 1.29 is 4.79 Å². The van der Waals surface area contributed by atoms with E-state index in [1.807, 2.05) is 0 Å². The van der Waals surface area contributed by atoms with Crippen LogP contribution in [0.3, 0.4) is 0 Å². The Balaban J connectivity index is 1.49. The van der Waals surface area contributed by atoms with Crippen molar-refractivity contribution in [3.8, 4) is 0 Å². The van der Waals surface area contributed by atoms with Crippen LogP contribution in [0.1, 0.15) is 61.8 Å². The maximum Gasteiger partial charge on any atom is 0.234 e. The summed E-state index contributed by atoms with van der Waals surface area (Å²) in [5.74, 6) is 0.146. The number of amides is 1. The molecule has 3 rings (SSSR count).